The van der Waals surface area contributed by atoms with Gasteiger partial charge in [0.2, 0.25) is 0 Å². The van der Waals surface area contributed by atoms with Crippen molar-refractivity contribution in [1.29, 1.82) is 0 Å². The average molecular weight is 362 g/mol. The molecule has 0 bridgehead atoms. The van der Waals surface area contributed by atoms with Gasteiger partial charge in [-0.3, -0.25) is 14.6 Å². The second kappa shape index (κ2) is 7.77. The lowest BCUT2D eigenvalue weighted by Gasteiger charge is -2.34. The molecule has 1 aromatic rings. The van der Waals surface area contributed by atoms with Crippen LogP contribution in [0, 0.1) is 0 Å². The summed E-state index contributed by atoms with van der Waals surface area (Å²) < 4.78 is 0. The second-order valence-corrected chi connectivity index (χ2v) is 9.03. The third-order valence-corrected chi connectivity index (χ3v) is 7.31. The largest absolute Gasteiger partial charge is 0.335 e. The van der Waals surface area contributed by atoms with Gasteiger partial charge in [-0.15, -0.1) is 11.3 Å². The van der Waals surface area contributed by atoms with Crippen LogP contribution in [0.2, 0.25) is 0 Å². The Bertz CT molecular complexity index is 577. The van der Waals surface area contributed by atoms with E-state index >= 15 is 0 Å². The molecule has 1 saturated heterocycles. The first-order valence-electron chi connectivity index (χ1n) is 10.1. The number of hydrogen-bond acceptors (Lipinski definition) is 4. The van der Waals surface area contributed by atoms with Crippen molar-refractivity contribution in [2.75, 3.05) is 32.7 Å². The van der Waals surface area contributed by atoms with E-state index in [-0.39, 0.29) is 5.91 Å². The summed E-state index contributed by atoms with van der Waals surface area (Å²) in [5.74, 6) is 0.266. The molecule has 4 nitrogen and oxygen atoms in total. The van der Waals surface area contributed by atoms with Crippen LogP contribution in [0.5, 0.6) is 0 Å². The molecular formula is C20H31N3OS. The van der Waals surface area contributed by atoms with Gasteiger partial charge in [0.05, 0.1) is 4.88 Å². The Morgan fingerprint density at radius 1 is 1.16 bits per heavy atom. The smallest absolute Gasteiger partial charge is 0.264 e. The standard InChI is InChI=1S/C20H31N3OS/c1-2-3-8-21-9-11-22(12-10-21)20(24)18-13-16-14-23(15-19(16)25-18)17-6-4-5-7-17/h13,17H,2-12,14-15H2,1H3. The third-order valence-electron chi connectivity index (χ3n) is 6.16. The molecule has 4 rings (SSSR count). The van der Waals surface area contributed by atoms with Gasteiger partial charge < -0.3 is 4.90 Å². The summed E-state index contributed by atoms with van der Waals surface area (Å²) in [6, 6.07) is 2.98. The van der Waals surface area contributed by atoms with E-state index in [2.05, 4.69) is 27.7 Å². The Balaban J connectivity index is 1.32. The Morgan fingerprint density at radius 2 is 1.92 bits per heavy atom. The van der Waals surface area contributed by atoms with E-state index in [0.717, 1.165) is 50.2 Å². The summed E-state index contributed by atoms with van der Waals surface area (Å²) in [4.78, 5) is 22.5. The topological polar surface area (TPSA) is 26.8 Å². The zero-order chi connectivity index (χ0) is 17.2. The quantitative estimate of drug-likeness (QED) is 0.802. The van der Waals surface area contributed by atoms with Gasteiger partial charge >= 0.3 is 0 Å². The normalized spacial score (nSPS) is 22.7. The van der Waals surface area contributed by atoms with Crippen LogP contribution in [0.1, 0.15) is 65.6 Å². The van der Waals surface area contributed by atoms with Crippen LogP contribution in [0.4, 0.5) is 0 Å². The number of thiophene rings is 1. The van der Waals surface area contributed by atoms with Crippen LogP contribution in [-0.4, -0.2) is 59.4 Å². The summed E-state index contributed by atoms with van der Waals surface area (Å²) in [5.41, 5.74) is 1.42. The maximum atomic E-state index is 12.9. The molecule has 3 heterocycles. The van der Waals surface area contributed by atoms with Gasteiger partial charge in [-0.05, 0) is 37.4 Å². The lowest BCUT2D eigenvalue weighted by atomic mass is 10.2. The van der Waals surface area contributed by atoms with Gasteiger partial charge in [0.25, 0.3) is 5.91 Å². The fourth-order valence-corrected chi connectivity index (χ4v) is 5.71. The van der Waals surface area contributed by atoms with E-state index in [9.17, 15) is 4.79 Å². The first-order chi connectivity index (χ1) is 12.2. The fourth-order valence-electron chi connectivity index (χ4n) is 4.54. The molecule has 1 saturated carbocycles. The number of rotatable bonds is 5. The van der Waals surface area contributed by atoms with Gasteiger partial charge in [-0.2, -0.15) is 0 Å². The van der Waals surface area contributed by atoms with Crippen molar-refractivity contribution in [2.45, 2.75) is 64.6 Å². The van der Waals surface area contributed by atoms with Crippen LogP contribution in [0.25, 0.3) is 0 Å². The number of carbonyl (C=O) groups excluding carboxylic acids is 1. The van der Waals surface area contributed by atoms with Crippen molar-refractivity contribution in [3.63, 3.8) is 0 Å². The van der Waals surface area contributed by atoms with E-state index in [1.165, 1.54) is 55.5 Å². The van der Waals surface area contributed by atoms with E-state index in [1.54, 1.807) is 11.3 Å². The van der Waals surface area contributed by atoms with E-state index < -0.39 is 0 Å². The number of carbonyl (C=O) groups is 1. The van der Waals surface area contributed by atoms with Crippen LogP contribution < -0.4 is 0 Å². The Kier molecular flexibility index (Phi) is 5.44. The summed E-state index contributed by atoms with van der Waals surface area (Å²) in [7, 11) is 0. The highest BCUT2D eigenvalue weighted by atomic mass is 32.1. The molecule has 1 aliphatic carbocycles. The molecular weight excluding hydrogens is 330 g/mol. The average Bonchev–Trinajstić information content (AvgIpc) is 3.34. The number of piperazine rings is 1. The first-order valence-corrected chi connectivity index (χ1v) is 10.9. The molecule has 0 N–H and O–H groups in total. The highest BCUT2D eigenvalue weighted by Crippen LogP contribution is 2.36. The van der Waals surface area contributed by atoms with Crippen molar-refractivity contribution in [3.8, 4) is 0 Å². The molecule has 1 amide bonds. The zero-order valence-electron chi connectivity index (χ0n) is 15.5. The molecule has 5 heteroatoms. The predicted molar refractivity (Wildman–Crippen MR) is 103 cm³/mol. The molecule has 3 aliphatic rings. The first kappa shape index (κ1) is 17.5. The lowest BCUT2D eigenvalue weighted by Crippen LogP contribution is -2.48. The number of nitrogens with zero attached hydrogens (tertiary/aromatic N) is 3. The molecule has 0 radical (unpaired) electrons. The van der Waals surface area contributed by atoms with Crippen molar-refractivity contribution < 1.29 is 4.79 Å². The summed E-state index contributed by atoms with van der Waals surface area (Å²) in [6.07, 6.45) is 8.03. The van der Waals surface area contributed by atoms with Crippen LogP contribution in [0.3, 0.4) is 0 Å². The van der Waals surface area contributed by atoms with Gasteiger partial charge in [0.15, 0.2) is 0 Å². The van der Waals surface area contributed by atoms with Gasteiger partial charge in [-0.25, -0.2) is 0 Å². The molecule has 2 aliphatic heterocycles. The van der Waals surface area contributed by atoms with Crippen LogP contribution in [-0.2, 0) is 13.1 Å². The van der Waals surface area contributed by atoms with Crippen molar-refractivity contribution in [2.24, 2.45) is 0 Å². The fraction of sp³-hybridized carbons (Fsp3) is 0.750. The molecule has 0 aromatic carbocycles. The minimum absolute atomic E-state index is 0.266. The minimum atomic E-state index is 0.266. The monoisotopic (exact) mass is 361 g/mol. The summed E-state index contributed by atoms with van der Waals surface area (Å²) >= 11 is 1.75. The SMILES string of the molecule is CCCCN1CCN(C(=O)c2cc3c(s2)CN(C2CCCC2)C3)CC1. The van der Waals surface area contributed by atoms with E-state index in [4.69, 9.17) is 0 Å². The number of unbranched alkanes of at least 4 members (excludes halogenated alkanes) is 1. The van der Waals surface area contributed by atoms with Crippen molar-refractivity contribution >= 4 is 17.2 Å². The highest BCUT2D eigenvalue weighted by Gasteiger charge is 2.31. The molecule has 0 spiro atoms. The highest BCUT2D eigenvalue weighted by molar-refractivity contribution is 7.14. The number of fused-ring (bicyclic) bond motifs is 1. The summed E-state index contributed by atoms with van der Waals surface area (Å²) in [5, 5.41) is 0. The van der Waals surface area contributed by atoms with Crippen molar-refractivity contribution in [1.82, 2.24) is 14.7 Å². The van der Waals surface area contributed by atoms with Crippen LogP contribution >= 0.6 is 11.3 Å². The Morgan fingerprint density at radius 3 is 2.60 bits per heavy atom. The molecule has 0 unspecified atom stereocenters. The second-order valence-electron chi connectivity index (χ2n) is 7.89. The van der Waals surface area contributed by atoms with Gasteiger partial charge in [-0.1, -0.05) is 26.2 Å². The number of hydrogen-bond donors (Lipinski definition) is 0. The van der Waals surface area contributed by atoms with Crippen molar-refractivity contribution in [3.05, 3.63) is 21.4 Å². The number of amides is 1. The summed E-state index contributed by atoms with van der Waals surface area (Å²) in [6.45, 7) is 9.40. The zero-order valence-corrected chi connectivity index (χ0v) is 16.3. The Hall–Kier alpha value is -0.910. The molecule has 2 fully saturated rings. The van der Waals surface area contributed by atoms with Gasteiger partial charge in [0, 0.05) is 50.2 Å². The van der Waals surface area contributed by atoms with Gasteiger partial charge in [0.1, 0.15) is 0 Å². The minimum Gasteiger partial charge on any atom is -0.335 e. The maximum Gasteiger partial charge on any atom is 0.264 e. The van der Waals surface area contributed by atoms with E-state index in [0.29, 0.717) is 0 Å². The molecule has 1 aromatic heterocycles. The third kappa shape index (κ3) is 3.79. The molecule has 25 heavy (non-hydrogen) atoms. The Labute approximate surface area is 155 Å². The van der Waals surface area contributed by atoms with Crippen LogP contribution in [0.15, 0.2) is 6.07 Å². The predicted octanol–water partition coefficient (Wildman–Crippen LogP) is 3.56. The maximum absolute atomic E-state index is 12.9. The van der Waals surface area contributed by atoms with E-state index in [1.807, 2.05) is 0 Å². The molecule has 138 valence electrons. The lowest BCUT2D eigenvalue weighted by molar-refractivity contribution is 0.0640. The molecule has 0 atom stereocenters.